The molecule has 0 saturated carbocycles. The van der Waals surface area contributed by atoms with Crippen LogP contribution in [0.25, 0.3) is 0 Å². The van der Waals surface area contributed by atoms with Crippen molar-refractivity contribution in [1.82, 2.24) is 14.8 Å². The van der Waals surface area contributed by atoms with Gasteiger partial charge in [-0.05, 0) is 32.6 Å². The van der Waals surface area contributed by atoms with Crippen molar-refractivity contribution >= 4 is 28.3 Å². The first-order chi connectivity index (χ1) is 11.5. The molecule has 0 aliphatic carbocycles. The summed E-state index contributed by atoms with van der Waals surface area (Å²) in [5.74, 6) is 0.270. The Labute approximate surface area is 147 Å². The maximum Gasteiger partial charge on any atom is 0.265 e. The molecule has 2 aliphatic heterocycles. The van der Waals surface area contributed by atoms with Gasteiger partial charge >= 0.3 is 0 Å². The number of hydrogen-bond donors (Lipinski definition) is 1. The number of nitrogens with one attached hydrogen (secondary N) is 1. The van der Waals surface area contributed by atoms with E-state index in [2.05, 4.69) is 17.2 Å². The van der Waals surface area contributed by atoms with Crippen LogP contribution in [-0.4, -0.2) is 59.8 Å². The predicted octanol–water partition coefficient (Wildman–Crippen LogP) is 2.36. The third kappa shape index (κ3) is 2.90. The molecule has 1 unspecified atom stereocenters. The smallest absolute Gasteiger partial charge is 0.265 e. The van der Waals surface area contributed by atoms with Crippen molar-refractivity contribution in [1.29, 1.82) is 0 Å². The van der Waals surface area contributed by atoms with Crippen LogP contribution in [0.15, 0.2) is 0 Å². The lowest BCUT2D eigenvalue weighted by molar-refractivity contribution is -0.145. The highest BCUT2D eigenvalue weighted by Crippen LogP contribution is 2.41. The Morgan fingerprint density at radius 2 is 2.17 bits per heavy atom. The van der Waals surface area contributed by atoms with Gasteiger partial charge in [-0.1, -0.05) is 18.3 Å². The fraction of sp³-hybridized carbons (Fsp3) is 0.706. The van der Waals surface area contributed by atoms with Crippen molar-refractivity contribution in [3.8, 4) is 0 Å². The molecule has 0 bridgehead atoms. The second-order valence-electron chi connectivity index (χ2n) is 6.84. The van der Waals surface area contributed by atoms with Crippen molar-refractivity contribution in [2.45, 2.75) is 39.5 Å². The molecule has 3 rings (SSSR count). The van der Waals surface area contributed by atoms with Crippen LogP contribution < -0.4 is 5.32 Å². The number of rotatable bonds is 4. The largest absolute Gasteiger partial charge is 0.365 e. The summed E-state index contributed by atoms with van der Waals surface area (Å²) in [4.78, 5) is 34.7. The Morgan fingerprint density at radius 1 is 1.38 bits per heavy atom. The summed E-state index contributed by atoms with van der Waals surface area (Å²) >= 11 is 1.39. The topological polar surface area (TPSA) is 65.5 Å². The number of aryl methyl sites for hydroxylation is 1. The van der Waals surface area contributed by atoms with Crippen molar-refractivity contribution in [3.05, 3.63) is 10.6 Å². The average molecular weight is 350 g/mol. The number of carbonyl (C=O) groups is 2. The van der Waals surface area contributed by atoms with E-state index < -0.39 is 0 Å². The average Bonchev–Trinajstić information content (AvgIpc) is 3.16. The maximum absolute atomic E-state index is 12.9. The molecule has 0 aromatic carbocycles. The van der Waals surface area contributed by atoms with Gasteiger partial charge in [0.25, 0.3) is 5.91 Å². The van der Waals surface area contributed by atoms with Crippen molar-refractivity contribution in [2.75, 3.05) is 38.5 Å². The van der Waals surface area contributed by atoms with Crippen LogP contribution in [0.4, 0.5) is 5.13 Å². The quantitative estimate of drug-likeness (QED) is 0.905. The van der Waals surface area contributed by atoms with Crippen molar-refractivity contribution in [3.63, 3.8) is 0 Å². The van der Waals surface area contributed by atoms with E-state index in [0.717, 1.165) is 49.6 Å². The van der Waals surface area contributed by atoms with E-state index in [1.54, 1.807) is 7.05 Å². The van der Waals surface area contributed by atoms with Gasteiger partial charge in [-0.15, -0.1) is 0 Å². The zero-order valence-corrected chi connectivity index (χ0v) is 15.5. The summed E-state index contributed by atoms with van der Waals surface area (Å²) in [5, 5.41) is 3.75. The second kappa shape index (κ2) is 6.70. The molecule has 3 heterocycles. The first kappa shape index (κ1) is 17.2. The minimum absolute atomic E-state index is 0.0174. The minimum atomic E-state index is -0.354. The summed E-state index contributed by atoms with van der Waals surface area (Å²) in [7, 11) is 1.81. The van der Waals surface area contributed by atoms with Crippen LogP contribution in [0.2, 0.25) is 0 Å². The monoisotopic (exact) mass is 350 g/mol. The molecule has 1 aromatic heterocycles. The summed E-state index contributed by atoms with van der Waals surface area (Å²) < 4.78 is 0. The molecule has 7 heteroatoms. The van der Waals surface area contributed by atoms with Crippen LogP contribution >= 0.6 is 11.3 Å². The standard InChI is InChI=1S/C17H26N4O2S/c1-4-8-20-9-5-6-17(15(20)23)7-10-21(11-17)14(22)13-12(2)19-16(18-3)24-13/h4-11H2,1-3H3,(H,18,19). The Bertz CT molecular complexity index is 643. The van der Waals surface area contributed by atoms with Gasteiger partial charge in [0.15, 0.2) is 5.13 Å². The van der Waals surface area contributed by atoms with E-state index in [-0.39, 0.29) is 17.2 Å². The van der Waals surface area contributed by atoms with Crippen LogP contribution in [0, 0.1) is 12.3 Å². The van der Waals surface area contributed by atoms with E-state index in [1.165, 1.54) is 11.3 Å². The third-order valence-electron chi connectivity index (χ3n) is 5.16. The van der Waals surface area contributed by atoms with E-state index in [4.69, 9.17) is 0 Å². The second-order valence-corrected chi connectivity index (χ2v) is 7.84. The van der Waals surface area contributed by atoms with Crippen molar-refractivity contribution in [2.24, 2.45) is 5.41 Å². The molecule has 24 heavy (non-hydrogen) atoms. The van der Waals surface area contributed by atoms with E-state index in [9.17, 15) is 9.59 Å². The van der Waals surface area contributed by atoms with E-state index in [0.29, 0.717) is 18.0 Å². The molecule has 0 radical (unpaired) electrons. The molecular formula is C17H26N4O2S. The molecule has 2 saturated heterocycles. The molecule has 132 valence electrons. The molecule has 1 spiro atoms. The van der Waals surface area contributed by atoms with E-state index in [1.807, 2.05) is 16.7 Å². The van der Waals surface area contributed by atoms with Gasteiger partial charge in [0.05, 0.1) is 11.1 Å². The van der Waals surface area contributed by atoms with Gasteiger partial charge in [0.2, 0.25) is 5.91 Å². The summed E-state index contributed by atoms with van der Waals surface area (Å²) in [6.45, 7) is 6.87. The molecule has 2 amide bonds. The normalized spacial score (nSPS) is 24.0. The lowest BCUT2D eigenvalue weighted by Crippen LogP contribution is -2.50. The first-order valence-electron chi connectivity index (χ1n) is 8.74. The Balaban J connectivity index is 1.75. The number of anilines is 1. The van der Waals surface area contributed by atoms with Gasteiger partial charge in [0, 0.05) is 33.2 Å². The number of amides is 2. The maximum atomic E-state index is 12.9. The highest BCUT2D eigenvalue weighted by molar-refractivity contribution is 7.17. The van der Waals surface area contributed by atoms with Gasteiger partial charge < -0.3 is 15.1 Å². The zero-order chi connectivity index (χ0) is 17.3. The summed E-state index contributed by atoms with van der Waals surface area (Å²) in [6, 6.07) is 0. The van der Waals surface area contributed by atoms with Gasteiger partial charge in [-0.3, -0.25) is 9.59 Å². The van der Waals surface area contributed by atoms with Gasteiger partial charge in [-0.25, -0.2) is 4.98 Å². The Hall–Kier alpha value is -1.63. The highest BCUT2D eigenvalue weighted by Gasteiger charge is 2.49. The highest BCUT2D eigenvalue weighted by atomic mass is 32.1. The molecule has 1 aromatic rings. The first-order valence-corrected chi connectivity index (χ1v) is 9.56. The number of likely N-dealkylation sites (tertiary alicyclic amines) is 2. The van der Waals surface area contributed by atoms with E-state index >= 15 is 0 Å². The lowest BCUT2D eigenvalue weighted by atomic mass is 9.78. The number of piperidine rings is 1. The fourth-order valence-electron chi connectivity index (χ4n) is 3.91. The summed E-state index contributed by atoms with van der Waals surface area (Å²) in [5.41, 5.74) is 0.408. The molecule has 2 fully saturated rings. The lowest BCUT2D eigenvalue weighted by Gasteiger charge is -2.39. The van der Waals surface area contributed by atoms with Gasteiger partial charge in [-0.2, -0.15) is 0 Å². The third-order valence-corrected chi connectivity index (χ3v) is 6.33. The van der Waals surface area contributed by atoms with Crippen molar-refractivity contribution < 1.29 is 9.59 Å². The number of carbonyl (C=O) groups excluding carboxylic acids is 2. The Kier molecular flexibility index (Phi) is 4.80. The summed E-state index contributed by atoms with van der Waals surface area (Å²) in [6.07, 6.45) is 3.71. The molecule has 1 N–H and O–H groups in total. The minimum Gasteiger partial charge on any atom is -0.365 e. The molecule has 6 nitrogen and oxygen atoms in total. The van der Waals surface area contributed by atoms with Crippen LogP contribution in [0.5, 0.6) is 0 Å². The number of nitrogens with zero attached hydrogens (tertiary/aromatic N) is 3. The number of hydrogen-bond acceptors (Lipinski definition) is 5. The fourth-order valence-corrected chi connectivity index (χ4v) is 4.79. The zero-order valence-electron chi connectivity index (χ0n) is 14.7. The SMILES string of the molecule is CCCN1CCCC2(CCN(C(=O)c3sc(NC)nc3C)C2)C1=O. The molecule has 2 aliphatic rings. The number of thiazole rings is 1. The molecule has 1 atom stereocenters. The number of aromatic nitrogens is 1. The predicted molar refractivity (Wildman–Crippen MR) is 95.5 cm³/mol. The van der Waals surface area contributed by atoms with Gasteiger partial charge in [0.1, 0.15) is 4.88 Å². The Morgan fingerprint density at radius 3 is 2.83 bits per heavy atom. The molecular weight excluding hydrogens is 324 g/mol. The van der Waals surface area contributed by atoms with Crippen LogP contribution in [0.3, 0.4) is 0 Å². The van der Waals surface area contributed by atoms with Crippen LogP contribution in [-0.2, 0) is 4.79 Å². The van der Waals surface area contributed by atoms with Crippen LogP contribution in [0.1, 0.15) is 48.0 Å².